The minimum absolute atomic E-state index is 0.735. The Kier molecular flexibility index (Phi) is 5.64. The molecule has 1 N–H and O–H groups in total. The van der Waals surface area contributed by atoms with E-state index in [2.05, 4.69) is 31.3 Å². The summed E-state index contributed by atoms with van der Waals surface area (Å²) >= 11 is 0. The molecule has 0 heterocycles. The molecule has 0 aliphatic heterocycles. The van der Waals surface area contributed by atoms with Crippen molar-refractivity contribution in [3.05, 3.63) is 12.2 Å². The highest BCUT2D eigenvalue weighted by molar-refractivity contribution is 4.86. The summed E-state index contributed by atoms with van der Waals surface area (Å²) in [4.78, 5) is 0. The molecule has 0 fully saturated rings. The first-order valence-electron chi connectivity index (χ1n) is 3.62. The second-order valence-electron chi connectivity index (χ2n) is 2.37. The van der Waals surface area contributed by atoms with E-state index in [0.717, 1.165) is 12.5 Å². The molecule has 1 nitrogen and oxygen atoms in total. The lowest BCUT2D eigenvalue weighted by molar-refractivity contribution is 0.694. The van der Waals surface area contributed by atoms with Crippen LogP contribution in [0.3, 0.4) is 0 Å². The molecule has 1 heteroatoms. The zero-order valence-electron chi connectivity index (χ0n) is 6.65. The van der Waals surface area contributed by atoms with Crippen LogP contribution in [-0.2, 0) is 0 Å². The van der Waals surface area contributed by atoms with E-state index in [1.807, 2.05) is 7.05 Å². The zero-order chi connectivity index (χ0) is 7.11. The van der Waals surface area contributed by atoms with Gasteiger partial charge in [0.15, 0.2) is 0 Å². The standard InChI is InChI=1S/C8H17N/c1-4-8(2)6-5-7-9-3/h5-6,8-9H,4,7H2,1-3H3/b6-5+. The molecule has 0 saturated heterocycles. The highest BCUT2D eigenvalue weighted by atomic mass is 14.8. The van der Waals surface area contributed by atoms with Gasteiger partial charge in [0, 0.05) is 6.54 Å². The third-order valence-corrected chi connectivity index (χ3v) is 1.43. The third-order valence-electron chi connectivity index (χ3n) is 1.43. The van der Waals surface area contributed by atoms with Crippen molar-refractivity contribution in [3.63, 3.8) is 0 Å². The van der Waals surface area contributed by atoms with Crippen LogP contribution in [0.15, 0.2) is 12.2 Å². The Balaban J connectivity index is 3.20. The minimum Gasteiger partial charge on any atom is -0.316 e. The van der Waals surface area contributed by atoms with Crippen LogP contribution >= 0.6 is 0 Å². The maximum Gasteiger partial charge on any atom is 0.0131 e. The van der Waals surface area contributed by atoms with Crippen LogP contribution in [-0.4, -0.2) is 13.6 Å². The van der Waals surface area contributed by atoms with Crippen LogP contribution in [0.25, 0.3) is 0 Å². The molecule has 0 aromatic rings. The number of allylic oxidation sites excluding steroid dienone is 1. The lowest BCUT2D eigenvalue weighted by atomic mass is 10.1. The Morgan fingerprint density at radius 2 is 2.22 bits per heavy atom. The van der Waals surface area contributed by atoms with Gasteiger partial charge in [0.05, 0.1) is 0 Å². The third kappa shape index (κ3) is 5.57. The van der Waals surface area contributed by atoms with Gasteiger partial charge in [-0.2, -0.15) is 0 Å². The first-order chi connectivity index (χ1) is 4.31. The molecule has 1 unspecified atom stereocenters. The van der Waals surface area contributed by atoms with Crippen LogP contribution < -0.4 is 5.32 Å². The fourth-order valence-electron chi connectivity index (χ4n) is 0.554. The first kappa shape index (κ1) is 8.70. The molecule has 0 spiro atoms. The molecule has 0 saturated carbocycles. The molecule has 0 aromatic heterocycles. The summed E-state index contributed by atoms with van der Waals surface area (Å²) in [5, 5.41) is 3.06. The SMILES string of the molecule is CCC(C)/C=C/CNC. The Morgan fingerprint density at radius 1 is 1.56 bits per heavy atom. The largest absolute Gasteiger partial charge is 0.316 e. The van der Waals surface area contributed by atoms with Gasteiger partial charge in [0.25, 0.3) is 0 Å². The van der Waals surface area contributed by atoms with E-state index in [9.17, 15) is 0 Å². The van der Waals surface area contributed by atoms with Crippen molar-refractivity contribution in [2.45, 2.75) is 20.3 Å². The summed E-state index contributed by atoms with van der Waals surface area (Å²) in [5.74, 6) is 0.735. The van der Waals surface area contributed by atoms with Crippen molar-refractivity contribution in [1.29, 1.82) is 0 Å². The average molecular weight is 127 g/mol. The number of rotatable bonds is 4. The topological polar surface area (TPSA) is 12.0 Å². The summed E-state index contributed by atoms with van der Waals surface area (Å²) < 4.78 is 0. The van der Waals surface area contributed by atoms with Crippen molar-refractivity contribution in [1.82, 2.24) is 5.32 Å². The van der Waals surface area contributed by atoms with Gasteiger partial charge in [-0.05, 0) is 13.0 Å². The first-order valence-corrected chi connectivity index (χ1v) is 3.62. The van der Waals surface area contributed by atoms with Crippen LogP contribution in [0.1, 0.15) is 20.3 Å². The summed E-state index contributed by atoms with van der Waals surface area (Å²) in [5.41, 5.74) is 0. The zero-order valence-corrected chi connectivity index (χ0v) is 6.65. The molecule has 0 aliphatic carbocycles. The Hall–Kier alpha value is -0.300. The van der Waals surface area contributed by atoms with Crippen molar-refractivity contribution in [2.24, 2.45) is 5.92 Å². The Labute approximate surface area is 58.2 Å². The number of likely N-dealkylation sites (N-methyl/N-ethyl adjacent to an activating group) is 1. The fraction of sp³-hybridized carbons (Fsp3) is 0.750. The molecule has 54 valence electrons. The Morgan fingerprint density at radius 3 is 2.67 bits per heavy atom. The van der Waals surface area contributed by atoms with E-state index in [0.29, 0.717) is 0 Å². The van der Waals surface area contributed by atoms with Gasteiger partial charge in [-0.25, -0.2) is 0 Å². The second-order valence-corrected chi connectivity index (χ2v) is 2.37. The second kappa shape index (κ2) is 5.83. The normalized spacial score (nSPS) is 14.6. The van der Waals surface area contributed by atoms with E-state index in [1.54, 1.807) is 0 Å². The van der Waals surface area contributed by atoms with Gasteiger partial charge in [0.1, 0.15) is 0 Å². The smallest absolute Gasteiger partial charge is 0.0131 e. The Bertz CT molecular complexity index is 76.6. The predicted octanol–water partition coefficient (Wildman–Crippen LogP) is 1.81. The van der Waals surface area contributed by atoms with Crippen molar-refractivity contribution in [3.8, 4) is 0 Å². The molecule has 9 heavy (non-hydrogen) atoms. The lowest BCUT2D eigenvalue weighted by Gasteiger charge is -1.98. The quantitative estimate of drug-likeness (QED) is 0.568. The monoisotopic (exact) mass is 127 g/mol. The summed E-state index contributed by atoms with van der Waals surface area (Å²) in [6.07, 6.45) is 5.66. The number of hydrogen-bond acceptors (Lipinski definition) is 1. The molecule has 0 amide bonds. The molecular weight excluding hydrogens is 110 g/mol. The van der Waals surface area contributed by atoms with E-state index < -0.39 is 0 Å². The van der Waals surface area contributed by atoms with Gasteiger partial charge in [-0.15, -0.1) is 0 Å². The molecule has 0 radical (unpaired) electrons. The van der Waals surface area contributed by atoms with E-state index in [1.165, 1.54) is 6.42 Å². The fourth-order valence-corrected chi connectivity index (χ4v) is 0.554. The van der Waals surface area contributed by atoms with Crippen LogP contribution in [0, 0.1) is 5.92 Å². The molecule has 0 rings (SSSR count). The molecule has 0 aliphatic rings. The van der Waals surface area contributed by atoms with Gasteiger partial charge in [-0.3, -0.25) is 0 Å². The van der Waals surface area contributed by atoms with Crippen LogP contribution in [0.4, 0.5) is 0 Å². The maximum absolute atomic E-state index is 3.06. The summed E-state index contributed by atoms with van der Waals surface area (Å²) in [7, 11) is 1.96. The van der Waals surface area contributed by atoms with Gasteiger partial charge in [0.2, 0.25) is 0 Å². The van der Waals surface area contributed by atoms with Gasteiger partial charge < -0.3 is 5.32 Å². The maximum atomic E-state index is 3.06. The van der Waals surface area contributed by atoms with Crippen molar-refractivity contribution >= 4 is 0 Å². The van der Waals surface area contributed by atoms with E-state index in [-0.39, 0.29) is 0 Å². The van der Waals surface area contributed by atoms with Gasteiger partial charge in [-0.1, -0.05) is 32.4 Å². The highest BCUT2D eigenvalue weighted by Crippen LogP contribution is 2.00. The van der Waals surface area contributed by atoms with Crippen molar-refractivity contribution < 1.29 is 0 Å². The summed E-state index contributed by atoms with van der Waals surface area (Å²) in [6.45, 7) is 5.42. The van der Waals surface area contributed by atoms with Gasteiger partial charge >= 0.3 is 0 Å². The van der Waals surface area contributed by atoms with Crippen LogP contribution in [0.2, 0.25) is 0 Å². The summed E-state index contributed by atoms with van der Waals surface area (Å²) in [6, 6.07) is 0. The lowest BCUT2D eigenvalue weighted by Crippen LogP contribution is -2.04. The molecule has 1 atom stereocenters. The molecule has 0 bridgehead atoms. The number of hydrogen-bond donors (Lipinski definition) is 1. The minimum atomic E-state index is 0.735. The van der Waals surface area contributed by atoms with Crippen LogP contribution in [0.5, 0.6) is 0 Å². The predicted molar refractivity (Wildman–Crippen MR) is 42.5 cm³/mol. The average Bonchev–Trinajstić information content (AvgIpc) is 1.89. The van der Waals surface area contributed by atoms with E-state index >= 15 is 0 Å². The molecule has 0 aromatic carbocycles. The molecular formula is C8H17N. The number of nitrogens with one attached hydrogen (secondary N) is 1. The van der Waals surface area contributed by atoms with E-state index in [4.69, 9.17) is 0 Å². The van der Waals surface area contributed by atoms with Crippen molar-refractivity contribution in [2.75, 3.05) is 13.6 Å². The highest BCUT2D eigenvalue weighted by Gasteiger charge is 1.87.